The fourth-order valence-electron chi connectivity index (χ4n) is 4.82. The quantitative estimate of drug-likeness (QED) is 0.120. The van der Waals surface area contributed by atoms with E-state index in [2.05, 4.69) is 20.9 Å². The number of nitrogens with zero attached hydrogens (tertiary/aromatic N) is 4. The summed E-state index contributed by atoms with van der Waals surface area (Å²) in [6.45, 7) is 1.04. The lowest BCUT2D eigenvalue weighted by molar-refractivity contribution is -0.386. The van der Waals surface area contributed by atoms with E-state index in [0.717, 1.165) is 10.6 Å². The summed E-state index contributed by atoms with van der Waals surface area (Å²) in [4.78, 5) is 41.5. The predicted molar refractivity (Wildman–Crippen MR) is 169 cm³/mol. The van der Waals surface area contributed by atoms with E-state index in [1.165, 1.54) is 43.3 Å². The second-order valence-electron chi connectivity index (χ2n) is 9.78. The second-order valence-corrected chi connectivity index (χ2v) is 12.1. The molecule has 47 heavy (non-hydrogen) atoms. The Balaban J connectivity index is 1.66. The van der Waals surface area contributed by atoms with Crippen LogP contribution in [-0.4, -0.2) is 28.2 Å². The fraction of sp³-hybridized carbons (Fsp3) is 0.161. The molecule has 0 bridgehead atoms. The van der Waals surface area contributed by atoms with E-state index >= 15 is 0 Å². The van der Waals surface area contributed by atoms with E-state index in [9.17, 15) is 38.1 Å². The minimum atomic E-state index is -5.09. The van der Waals surface area contributed by atoms with Crippen molar-refractivity contribution in [1.82, 2.24) is 4.57 Å². The summed E-state index contributed by atoms with van der Waals surface area (Å²) in [6.07, 6.45) is -3.83. The standard InChI is InChI=1S/C31H19BrClF3N4O6S/c1-2-45-29(42)24-25(17-7-9-20(33)10-8-17)39-28(41)23(47-30(39)38-27(24)31(34,35)36)13-16-11-21(32)26(22(12-16)40(43)44)46-15-19-6-4-3-5-18(19)14-37/h3-13,25H,2,15H2,1H3/b23-13-/t25-/m1/s1. The highest BCUT2D eigenvalue weighted by Crippen LogP contribution is 2.39. The number of carbonyl (C=O) groups is 1. The Morgan fingerprint density at radius 2 is 1.94 bits per heavy atom. The highest BCUT2D eigenvalue weighted by molar-refractivity contribution is 9.10. The van der Waals surface area contributed by atoms with Gasteiger partial charge in [-0.2, -0.15) is 18.4 Å². The third-order valence-corrected chi connectivity index (χ3v) is 8.66. The Kier molecular flexibility index (Phi) is 9.66. The van der Waals surface area contributed by atoms with Gasteiger partial charge >= 0.3 is 17.8 Å². The largest absolute Gasteiger partial charge is 0.481 e. The third kappa shape index (κ3) is 6.85. The maximum atomic E-state index is 14.3. The number of thiazole rings is 1. The maximum absolute atomic E-state index is 14.3. The van der Waals surface area contributed by atoms with Crippen LogP contribution in [-0.2, 0) is 16.1 Å². The molecule has 0 aliphatic carbocycles. The summed E-state index contributed by atoms with van der Waals surface area (Å²) >= 11 is 9.88. The Hall–Kier alpha value is -4.78. The normalized spacial score (nSPS) is 14.7. The van der Waals surface area contributed by atoms with E-state index in [1.807, 2.05) is 6.07 Å². The van der Waals surface area contributed by atoms with Crippen molar-refractivity contribution in [3.05, 3.63) is 133 Å². The molecule has 1 atom stereocenters. The van der Waals surface area contributed by atoms with Gasteiger partial charge in [-0.1, -0.05) is 53.3 Å². The number of aromatic nitrogens is 1. The molecule has 2 heterocycles. The zero-order chi connectivity index (χ0) is 34.0. The number of alkyl halides is 3. The van der Waals surface area contributed by atoms with E-state index < -0.39 is 45.6 Å². The number of halogens is 5. The van der Waals surface area contributed by atoms with E-state index in [1.54, 1.807) is 24.3 Å². The summed E-state index contributed by atoms with van der Waals surface area (Å²) in [5.41, 5.74) is -2.56. The Morgan fingerprint density at radius 1 is 1.23 bits per heavy atom. The van der Waals surface area contributed by atoms with Gasteiger partial charge in [-0.25, -0.2) is 9.79 Å². The molecule has 1 aliphatic heterocycles. The number of rotatable bonds is 8. The van der Waals surface area contributed by atoms with Crippen LogP contribution in [0.4, 0.5) is 18.9 Å². The van der Waals surface area contributed by atoms with E-state index in [4.69, 9.17) is 21.1 Å². The van der Waals surface area contributed by atoms with E-state index in [0.29, 0.717) is 22.5 Å². The molecule has 0 saturated carbocycles. The number of fused-ring (bicyclic) bond motifs is 1. The van der Waals surface area contributed by atoms with Crippen LogP contribution in [0.3, 0.4) is 0 Å². The van der Waals surface area contributed by atoms with Gasteiger partial charge in [0.05, 0.1) is 43.8 Å². The van der Waals surface area contributed by atoms with Crippen molar-refractivity contribution in [2.45, 2.75) is 25.7 Å². The van der Waals surface area contributed by atoms with Crippen LogP contribution in [0.1, 0.15) is 35.2 Å². The molecule has 1 aliphatic rings. The average Bonchev–Trinajstić information content (AvgIpc) is 3.33. The molecule has 16 heteroatoms. The van der Waals surface area contributed by atoms with Crippen molar-refractivity contribution in [3.63, 3.8) is 0 Å². The van der Waals surface area contributed by atoms with Crippen molar-refractivity contribution in [3.8, 4) is 11.8 Å². The van der Waals surface area contributed by atoms with Crippen LogP contribution in [0.5, 0.6) is 5.75 Å². The molecule has 0 spiro atoms. The van der Waals surface area contributed by atoms with Crippen molar-refractivity contribution >= 4 is 56.6 Å². The van der Waals surface area contributed by atoms with Gasteiger partial charge in [-0.15, -0.1) is 0 Å². The average molecular weight is 748 g/mol. The van der Waals surface area contributed by atoms with Crippen molar-refractivity contribution in [2.75, 3.05) is 6.61 Å². The monoisotopic (exact) mass is 746 g/mol. The molecular weight excluding hydrogens is 729 g/mol. The van der Waals surface area contributed by atoms with Gasteiger partial charge < -0.3 is 9.47 Å². The van der Waals surface area contributed by atoms with Crippen LogP contribution >= 0.6 is 38.9 Å². The number of nitriles is 1. The first-order chi connectivity index (χ1) is 22.3. The van der Waals surface area contributed by atoms with Gasteiger partial charge in [0, 0.05) is 16.7 Å². The number of nitro groups is 1. The van der Waals surface area contributed by atoms with Crippen LogP contribution < -0.4 is 19.6 Å². The van der Waals surface area contributed by atoms with Gasteiger partial charge in [0.15, 0.2) is 10.5 Å². The lowest BCUT2D eigenvalue weighted by Crippen LogP contribution is -2.41. The van der Waals surface area contributed by atoms with Gasteiger partial charge in [0.2, 0.25) is 5.75 Å². The highest BCUT2D eigenvalue weighted by Gasteiger charge is 2.45. The second kappa shape index (κ2) is 13.5. The lowest BCUT2D eigenvalue weighted by atomic mass is 9.95. The van der Waals surface area contributed by atoms with Crippen LogP contribution in [0, 0.1) is 21.4 Å². The Labute approximate surface area is 280 Å². The summed E-state index contributed by atoms with van der Waals surface area (Å²) < 4.78 is 54.7. The summed E-state index contributed by atoms with van der Waals surface area (Å²) in [7, 11) is 0. The van der Waals surface area contributed by atoms with Crippen LogP contribution in [0.2, 0.25) is 5.02 Å². The predicted octanol–water partition coefficient (Wildman–Crippen LogP) is 6.12. The van der Waals surface area contributed by atoms with Gasteiger partial charge in [0.25, 0.3) is 5.56 Å². The molecule has 1 aromatic heterocycles. The van der Waals surface area contributed by atoms with Gasteiger partial charge in [-0.3, -0.25) is 19.5 Å². The molecule has 0 N–H and O–H groups in total. The lowest BCUT2D eigenvalue weighted by Gasteiger charge is -2.26. The number of carbonyl (C=O) groups excluding carboxylic acids is 1. The molecule has 5 rings (SSSR count). The number of hydrogen-bond acceptors (Lipinski definition) is 9. The van der Waals surface area contributed by atoms with Crippen LogP contribution in [0.25, 0.3) is 6.08 Å². The van der Waals surface area contributed by atoms with Gasteiger partial charge in [-0.05, 0) is 64.3 Å². The minimum Gasteiger partial charge on any atom is -0.481 e. The Morgan fingerprint density at radius 3 is 2.57 bits per heavy atom. The fourth-order valence-corrected chi connectivity index (χ4v) is 6.53. The summed E-state index contributed by atoms with van der Waals surface area (Å²) in [5.74, 6) is -1.44. The smallest absolute Gasteiger partial charge is 0.434 e. The zero-order valence-electron chi connectivity index (χ0n) is 23.9. The first-order valence-electron chi connectivity index (χ1n) is 13.5. The topological polar surface area (TPSA) is 137 Å². The van der Waals surface area contributed by atoms with E-state index in [-0.39, 0.29) is 48.9 Å². The number of ether oxygens (including phenoxy) is 2. The molecule has 10 nitrogen and oxygen atoms in total. The Bertz CT molecular complexity index is 2170. The molecule has 0 amide bonds. The number of nitro benzene ring substituents is 1. The van der Waals surface area contributed by atoms with Crippen molar-refractivity contribution in [1.29, 1.82) is 5.26 Å². The maximum Gasteiger partial charge on any atom is 0.434 e. The molecule has 0 unspecified atom stereocenters. The first-order valence-corrected chi connectivity index (χ1v) is 15.5. The highest BCUT2D eigenvalue weighted by atomic mass is 79.9. The minimum absolute atomic E-state index is 0.118. The molecule has 3 aromatic carbocycles. The SMILES string of the molecule is CCOC(=O)C1=C(C(F)(F)F)N=c2s/c(=C\c3cc(Br)c(OCc4ccccc4C#N)c([N+](=O)[O-])c3)c(=O)n2[C@@H]1c1ccc(Cl)cc1. The molecular formula is C31H19BrClF3N4O6S. The first kappa shape index (κ1) is 33.6. The molecule has 240 valence electrons. The van der Waals surface area contributed by atoms with Crippen molar-refractivity contribution in [2.24, 2.45) is 4.99 Å². The van der Waals surface area contributed by atoms with Crippen molar-refractivity contribution < 1.29 is 32.4 Å². The van der Waals surface area contributed by atoms with Crippen LogP contribution in [0.15, 0.2) is 86.2 Å². The number of benzene rings is 3. The zero-order valence-corrected chi connectivity index (χ0v) is 27.0. The summed E-state index contributed by atoms with van der Waals surface area (Å²) in [5, 5.41) is 21.7. The van der Waals surface area contributed by atoms with Gasteiger partial charge in [0.1, 0.15) is 6.61 Å². The molecule has 0 radical (unpaired) electrons. The molecule has 0 saturated heterocycles. The number of esters is 1. The number of allylic oxidation sites excluding steroid dienone is 1. The third-order valence-electron chi connectivity index (χ3n) is 6.83. The molecule has 4 aromatic rings. The summed E-state index contributed by atoms with van der Waals surface area (Å²) in [6, 6.07) is 15.2. The number of hydrogen-bond donors (Lipinski definition) is 0. The molecule has 0 fully saturated rings.